The summed E-state index contributed by atoms with van der Waals surface area (Å²) in [6, 6.07) is 6.52. The number of benzene rings is 1. The Kier molecular flexibility index (Phi) is 3.20. The van der Waals surface area contributed by atoms with Gasteiger partial charge in [-0.2, -0.15) is 4.31 Å². The van der Waals surface area contributed by atoms with Crippen LogP contribution in [0.4, 0.5) is 0 Å². The Morgan fingerprint density at radius 3 is 2.29 bits per heavy atom. The molecule has 0 aromatic heterocycles. The van der Waals surface area contributed by atoms with Gasteiger partial charge in [0.15, 0.2) is 0 Å². The molecule has 17 heavy (non-hydrogen) atoms. The highest BCUT2D eigenvalue weighted by Crippen LogP contribution is 2.30. The second kappa shape index (κ2) is 4.36. The third-order valence-electron chi connectivity index (χ3n) is 2.88. The Bertz CT molecular complexity index is 533. The van der Waals surface area contributed by atoms with Gasteiger partial charge < -0.3 is 5.73 Å². The quantitative estimate of drug-likeness (QED) is 0.832. The average Bonchev–Trinajstić information content (AvgIpc) is 3.12. The molecule has 0 heterocycles. The molecule has 0 radical (unpaired) electrons. The first-order chi connectivity index (χ1) is 7.93. The minimum Gasteiger partial charge on any atom is -0.389 e. The molecule has 1 aliphatic carbocycles. The lowest BCUT2D eigenvalue weighted by Crippen LogP contribution is -2.28. The molecule has 1 aromatic carbocycles. The average molecular weight is 270 g/mol. The van der Waals surface area contributed by atoms with Crippen molar-refractivity contribution in [2.75, 3.05) is 7.05 Å². The molecule has 92 valence electrons. The van der Waals surface area contributed by atoms with Crippen LogP contribution in [0.3, 0.4) is 0 Å². The molecule has 0 saturated heterocycles. The van der Waals surface area contributed by atoms with Gasteiger partial charge in [0.25, 0.3) is 0 Å². The number of rotatable bonds is 4. The molecule has 0 aliphatic heterocycles. The molecule has 1 aromatic rings. The van der Waals surface area contributed by atoms with E-state index in [9.17, 15) is 8.42 Å². The highest BCUT2D eigenvalue weighted by molar-refractivity contribution is 7.89. The van der Waals surface area contributed by atoms with E-state index in [1.165, 1.54) is 4.31 Å². The SMILES string of the molecule is CN(C1CC1)S(=O)(=O)c1ccc(C(N)=S)cc1. The third kappa shape index (κ3) is 2.48. The number of nitrogens with two attached hydrogens (primary N) is 1. The summed E-state index contributed by atoms with van der Waals surface area (Å²) in [6.45, 7) is 0. The lowest BCUT2D eigenvalue weighted by Gasteiger charge is -2.16. The minimum absolute atomic E-state index is 0.162. The molecule has 2 N–H and O–H groups in total. The van der Waals surface area contributed by atoms with Crippen LogP contribution in [-0.2, 0) is 10.0 Å². The standard InChI is InChI=1S/C11H14N2O2S2/c1-13(9-4-5-9)17(14,15)10-6-2-8(3-7-10)11(12)16/h2-3,6-7,9H,4-5H2,1H3,(H2,12,16). The maximum absolute atomic E-state index is 12.2. The fraction of sp³-hybridized carbons (Fsp3) is 0.364. The van der Waals surface area contributed by atoms with Crippen molar-refractivity contribution in [1.82, 2.24) is 4.31 Å². The normalized spacial score (nSPS) is 16.1. The lowest BCUT2D eigenvalue weighted by atomic mass is 10.2. The molecule has 6 heteroatoms. The first-order valence-corrected chi connectivity index (χ1v) is 7.15. The number of hydrogen-bond donors (Lipinski definition) is 1. The van der Waals surface area contributed by atoms with Crippen LogP contribution in [0.25, 0.3) is 0 Å². The van der Waals surface area contributed by atoms with Gasteiger partial charge in [-0.15, -0.1) is 0 Å². The smallest absolute Gasteiger partial charge is 0.243 e. The molecule has 1 saturated carbocycles. The Balaban J connectivity index is 2.30. The second-order valence-electron chi connectivity index (χ2n) is 4.14. The molecule has 0 amide bonds. The van der Waals surface area contributed by atoms with Crippen LogP contribution in [0, 0.1) is 0 Å². The van der Waals surface area contributed by atoms with Crippen molar-refractivity contribution in [3.8, 4) is 0 Å². The van der Waals surface area contributed by atoms with E-state index in [2.05, 4.69) is 0 Å². The molecule has 1 fully saturated rings. The zero-order chi connectivity index (χ0) is 12.6. The molecule has 4 nitrogen and oxygen atoms in total. The fourth-order valence-electron chi connectivity index (χ4n) is 1.59. The molecule has 1 aliphatic rings. The Labute approximate surface area is 106 Å². The summed E-state index contributed by atoms with van der Waals surface area (Å²) >= 11 is 4.82. The van der Waals surface area contributed by atoms with Crippen molar-refractivity contribution in [1.29, 1.82) is 0 Å². The zero-order valence-corrected chi connectivity index (χ0v) is 11.1. The van der Waals surface area contributed by atoms with E-state index in [1.807, 2.05) is 0 Å². The van der Waals surface area contributed by atoms with Crippen LogP contribution >= 0.6 is 12.2 Å². The van der Waals surface area contributed by atoms with Crippen LogP contribution in [0.2, 0.25) is 0 Å². The predicted octanol–water partition coefficient (Wildman–Crippen LogP) is 1.10. The Morgan fingerprint density at radius 1 is 1.35 bits per heavy atom. The fourth-order valence-corrected chi connectivity index (χ4v) is 3.14. The van der Waals surface area contributed by atoms with Gasteiger partial charge in [-0.1, -0.05) is 24.4 Å². The van der Waals surface area contributed by atoms with Gasteiger partial charge >= 0.3 is 0 Å². The van der Waals surface area contributed by atoms with E-state index in [0.29, 0.717) is 5.56 Å². The van der Waals surface area contributed by atoms with E-state index in [1.54, 1.807) is 31.3 Å². The van der Waals surface area contributed by atoms with E-state index < -0.39 is 10.0 Å². The monoisotopic (exact) mass is 270 g/mol. The van der Waals surface area contributed by atoms with Gasteiger partial charge in [-0.25, -0.2) is 8.42 Å². The topological polar surface area (TPSA) is 63.4 Å². The van der Waals surface area contributed by atoms with Crippen molar-refractivity contribution < 1.29 is 8.42 Å². The number of hydrogen-bond acceptors (Lipinski definition) is 3. The summed E-state index contributed by atoms with van der Waals surface area (Å²) in [5, 5.41) is 0. The van der Waals surface area contributed by atoms with Crippen molar-refractivity contribution >= 4 is 27.2 Å². The maximum atomic E-state index is 12.2. The number of thiocarbonyl (C=S) groups is 1. The summed E-state index contributed by atoms with van der Waals surface area (Å²) < 4.78 is 25.7. The van der Waals surface area contributed by atoms with E-state index in [-0.39, 0.29) is 15.9 Å². The molecule has 0 atom stereocenters. The van der Waals surface area contributed by atoms with Crippen molar-refractivity contribution in [3.63, 3.8) is 0 Å². The predicted molar refractivity (Wildman–Crippen MR) is 70.3 cm³/mol. The van der Waals surface area contributed by atoms with Gasteiger partial charge in [0, 0.05) is 18.7 Å². The molecular weight excluding hydrogens is 256 g/mol. The summed E-state index contributed by atoms with van der Waals surface area (Å²) in [6.07, 6.45) is 1.89. The third-order valence-corrected chi connectivity index (χ3v) is 5.04. The molecule has 0 spiro atoms. The van der Waals surface area contributed by atoms with E-state index >= 15 is 0 Å². The first kappa shape index (κ1) is 12.5. The highest BCUT2D eigenvalue weighted by atomic mass is 32.2. The summed E-state index contributed by atoms with van der Waals surface area (Å²) in [4.78, 5) is 0.552. The van der Waals surface area contributed by atoms with Crippen LogP contribution in [-0.4, -0.2) is 30.8 Å². The molecule has 0 bridgehead atoms. The van der Waals surface area contributed by atoms with Crippen LogP contribution in [0.1, 0.15) is 18.4 Å². The first-order valence-electron chi connectivity index (χ1n) is 5.31. The van der Waals surface area contributed by atoms with Crippen LogP contribution in [0.5, 0.6) is 0 Å². The largest absolute Gasteiger partial charge is 0.389 e. The second-order valence-corrected chi connectivity index (χ2v) is 6.58. The summed E-state index contributed by atoms with van der Waals surface area (Å²) in [7, 11) is -1.75. The maximum Gasteiger partial charge on any atom is 0.243 e. The van der Waals surface area contributed by atoms with E-state index in [0.717, 1.165) is 12.8 Å². The molecular formula is C11H14N2O2S2. The highest BCUT2D eigenvalue weighted by Gasteiger charge is 2.34. The van der Waals surface area contributed by atoms with Gasteiger partial charge in [0.05, 0.1) is 4.90 Å². The summed E-state index contributed by atoms with van der Waals surface area (Å²) in [5.41, 5.74) is 6.14. The summed E-state index contributed by atoms with van der Waals surface area (Å²) in [5.74, 6) is 0. The Morgan fingerprint density at radius 2 is 1.88 bits per heavy atom. The number of nitrogens with zero attached hydrogens (tertiary/aromatic N) is 1. The molecule has 0 unspecified atom stereocenters. The van der Waals surface area contributed by atoms with Crippen LogP contribution < -0.4 is 5.73 Å². The number of sulfonamides is 1. The van der Waals surface area contributed by atoms with Gasteiger partial charge in [-0.3, -0.25) is 0 Å². The van der Waals surface area contributed by atoms with Gasteiger partial charge in [0.1, 0.15) is 4.99 Å². The van der Waals surface area contributed by atoms with Gasteiger partial charge in [0.2, 0.25) is 10.0 Å². The van der Waals surface area contributed by atoms with Crippen molar-refractivity contribution in [3.05, 3.63) is 29.8 Å². The van der Waals surface area contributed by atoms with Crippen molar-refractivity contribution in [2.24, 2.45) is 5.73 Å². The lowest BCUT2D eigenvalue weighted by molar-refractivity contribution is 0.464. The zero-order valence-electron chi connectivity index (χ0n) is 9.46. The molecule has 2 rings (SSSR count). The minimum atomic E-state index is -3.37. The van der Waals surface area contributed by atoms with Gasteiger partial charge in [-0.05, 0) is 25.0 Å². The van der Waals surface area contributed by atoms with E-state index in [4.69, 9.17) is 18.0 Å². The van der Waals surface area contributed by atoms with Crippen LogP contribution in [0.15, 0.2) is 29.2 Å². The Hall–Kier alpha value is -0.980. The van der Waals surface area contributed by atoms with Crippen molar-refractivity contribution in [2.45, 2.75) is 23.8 Å².